The second-order valence-electron chi connectivity index (χ2n) is 9.59. The normalized spacial score (nSPS) is 19.8. The zero-order valence-corrected chi connectivity index (χ0v) is 22.8. The third-order valence-electron chi connectivity index (χ3n) is 7.03. The number of benzene rings is 2. The van der Waals surface area contributed by atoms with Crippen molar-refractivity contribution in [3.63, 3.8) is 0 Å². The lowest BCUT2D eigenvalue weighted by Crippen LogP contribution is -3.00. The van der Waals surface area contributed by atoms with Crippen molar-refractivity contribution in [3.8, 4) is 0 Å². The van der Waals surface area contributed by atoms with E-state index in [0.717, 1.165) is 18.1 Å². The number of fused-ring (bicyclic) bond motifs is 2. The predicted molar refractivity (Wildman–Crippen MR) is 139 cm³/mol. The first-order valence-electron chi connectivity index (χ1n) is 11.6. The van der Waals surface area contributed by atoms with Gasteiger partial charge in [0.05, 0.1) is 5.41 Å². The molecule has 2 aliphatic heterocycles. The van der Waals surface area contributed by atoms with Crippen LogP contribution in [0.3, 0.4) is 0 Å². The summed E-state index contributed by atoms with van der Waals surface area (Å²) in [6.45, 7) is 15.4. The molecule has 0 saturated heterocycles. The molecule has 2 aliphatic rings. The van der Waals surface area contributed by atoms with E-state index in [9.17, 15) is 0 Å². The summed E-state index contributed by atoms with van der Waals surface area (Å²) in [5.41, 5.74) is 7.80. The number of hydrogen-bond acceptors (Lipinski definition) is 1. The summed E-state index contributed by atoms with van der Waals surface area (Å²) in [6, 6.07) is 17.4. The van der Waals surface area contributed by atoms with Gasteiger partial charge in [0.2, 0.25) is 5.69 Å². The number of halogens is 2. The second kappa shape index (κ2) is 9.64. The minimum absolute atomic E-state index is 0. The number of likely N-dealkylation sites (N-methyl/N-ethyl adjacent to an activating group) is 1. The van der Waals surface area contributed by atoms with Gasteiger partial charge in [-0.3, -0.25) is 0 Å². The Morgan fingerprint density at radius 2 is 1.58 bits per heavy atom. The molecule has 2 heterocycles. The van der Waals surface area contributed by atoms with Crippen molar-refractivity contribution in [3.05, 3.63) is 94.7 Å². The first-order chi connectivity index (χ1) is 15.2. The van der Waals surface area contributed by atoms with Crippen molar-refractivity contribution in [2.24, 2.45) is 0 Å². The van der Waals surface area contributed by atoms with Crippen LogP contribution >= 0.6 is 11.6 Å². The van der Waals surface area contributed by atoms with E-state index in [4.69, 9.17) is 11.6 Å². The fourth-order valence-corrected chi connectivity index (χ4v) is 5.46. The van der Waals surface area contributed by atoms with Gasteiger partial charge in [-0.15, -0.1) is 0 Å². The summed E-state index contributed by atoms with van der Waals surface area (Å²) < 4.78 is 2.39. The van der Waals surface area contributed by atoms with Gasteiger partial charge in [0.25, 0.3) is 0 Å². The van der Waals surface area contributed by atoms with Gasteiger partial charge in [0.15, 0.2) is 5.71 Å². The van der Waals surface area contributed by atoms with Crippen LogP contribution in [0.1, 0.15) is 52.7 Å². The van der Waals surface area contributed by atoms with Crippen LogP contribution < -0.4 is 21.9 Å². The molecule has 0 atom stereocenters. The maximum Gasteiger partial charge on any atom is 0.209 e. The number of rotatable bonds is 5. The Kier molecular flexibility index (Phi) is 7.45. The molecule has 4 heteroatoms. The molecule has 0 radical (unpaired) electrons. The zero-order valence-electron chi connectivity index (χ0n) is 20.5. The van der Waals surface area contributed by atoms with Crippen molar-refractivity contribution in [1.29, 1.82) is 0 Å². The van der Waals surface area contributed by atoms with Crippen LogP contribution in [0.4, 0.5) is 11.4 Å². The van der Waals surface area contributed by atoms with Crippen molar-refractivity contribution in [1.82, 2.24) is 0 Å². The minimum Gasteiger partial charge on any atom is -1.00 e. The summed E-state index contributed by atoms with van der Waals surface area (Å²) >= 11 is 6.71. The summed E-state index contributed by atoms with van der Waals surface area (Å²) in [5, 5.41) is 0.732. The van der Waals surface area contributed by atoms with Crippen molar-refractivity contribution < 1.29 is 21.6 Å². The summed E-state index contributed by atoms with van der Waals surface area (Å²) in [4.78, 5) is 2.39. The second-order valence-corrected chi connectivity index (χ2v) is 10.0. The summed E-state index contributed by atoms with van der Waals surface area (Å²) in [7, 11) is 0. The number of allylic oxidation sites excluding steroid dienone is 6. The van der Waals surface area contributed by atoms with Crippen molar-refractivity contribution >= 4 is 28.7 Å². The van der Waals surface area contributed by atoms with Crippen LogP contribution in [0.2, 0.25) is 0 Å². The Bertz CT molecular complexity index is 1170. The van der Waals surface area contributed by atoms with E-state index >= 15 is 0 Å². The van der Waals surface area contributed by atoms with E-state index in [1.165, 1.54) is 33.9 Å². The first-order valence-corrected chi connectivity index (χ1v) is 12.0. The third kappa shape index (κ3) is 4.26. The molecule has 0 aliphatic carbocycles. The highest BCUT2D eigenvalue weighted by molar-refractivity contribution is 6.31. The van der Waals surface area contributed by atoms with E-state index in [0.29, 0.717) is 0 Å². The van der Waals surface area contributed by atoms with Crippen molar-refractivity contribution in [2.45, 2.75) is 52.4 Å². The first kappa shape index (κ1) is 25.5. The fraction of sp³-hybridized carbons (Fsp3) is 0.345. The highest BCUT2D eigenvalue weighted by Gasteiger charge is 2.43. The van der Waals surface area contributed by atoms with E-state index < -0.39 is 0 Å². The number of anilines is 1. The molecule has 174 valence electrons. The Morgan fingerprint density at radius 1 is 0.939 bits per heavy atom. The average Bonchev–Trinajstić information content (AvgIpc) is 3.14. The van der Waals surface area contributed by atoms with Gasteiger partial charge in [-0.25, -0.2) is 0 Å². The maximum atomic E-state index is 6.71. The van der Waals surface area contributed by atoms with Gasteiger partial charge in [-0.05, 0) is 57.6 Å². The Balaban J connectivity index is 0.00000306. The lowest BCUT2D eigenvalue weighted by Gasteiger charge is -2.25. The van der Waals surface area contributed by atoms with Crippen LogP contribution in [-0.4, -0.2) is 23.4 Å². The molecule has 2 aromatic rings. The largest absolute Gasteiger partial charge is 1.00 e. The van der Waals surface area contributed by atoms with Gasteiger partial charge >= 0.3 is 0 Å². The Hall–Kier alpha value is -2.10. The zero-order chi connectivity index (χ0) is 23.1. The smallest absolute Gasteiger partial charge is 0.209 e. The van der Waals surface area contributed by atoms with E-state index in [1.807, 2.05) is 12.2 Å². The molecular formula is C29H34BrClN2. The average molecular weight is 526 g/mol. The molecule has 4 rings (SSSR count). The van der Waals surface area contributed by atoms with Gasteiger partial charge in [-0.2, -0.15) is 4.58 Å². The monoisotopic (exact) mass is 524 g/mol. The molecular weight excluding hydrogens is 492 g/mol. The molecule has 0 N–H and O–H groups in total. The molecule has 0 amide bonds. The molecule has 0 aromatic heterocycles. The Morgan fingerprint density at radius 3 is 2.24 bits per heavy atom. The highest BCUT2D eigenvalue weighted by atomic mass is 79.9. The fourth-order valence-electron chi connectivity index (χ4n) is 5.34. The number of nitrogens with zero attached hydrogens (tertiary/aromatic N) is 2. The molecule has 0 fully saturated rings. The van der Waals surface area contributed by atoms with E-state index in [2.05, 4.69) is 112 Å². The molecule has 2 nitrogen and oxygen atoms in total. The molecule has 2 aromatic carbocycles. The minimum atomic E-state index is -0.0488. The predicted octanol–water partition coefficient (Wildman–Crippen LogP) is 4.47. The SMILES string of the molecule is CCN1/C(=C/C=C(Cl)/C=C/C2=[N+](CC)c3ccccc3C2(C)C)C(C)(C)c2ccccc21.[Br-]. The van der Waals surface area contributed by atoms with Crippen LogP contribution in [0, 0.1) is 0 Å². The number of hydrogen-bond donors (Lipinski definition) is 0. The highest BCUT2D eigenvalue weighted by Crippen LogP contribution is 2.47. The Labute approximate surface area is 214 Å². The summed E-state index contributed by atoms with van der Waals surface area (Å²) in [5.74, 6) is 0. The van der Waals surface area contributed by atoms with Gasteiger partial charge in [0.1, 0.15) is 6.54 Å². The maximum absolute atomic E-state index is 6.71. The lowest BCUT2D eigenvalue weighted by atomic mass is 9.81. The standard InChI is InChI=1S/C29H34ClN2.BrH/c1-7-31-24-15-11-9-13-22(24)28(3,4)26(31)19-17-21(30)18-20-27-29(5,6)23-14-10-12-16-25(23)32(27)8-2;/h9-20H,7-8H2,1-6H3;1H/q+1;/p-1. The van der Waals surface area contributed by atoms with Crippen LogP contribution in [0.5, 0.6) is 0 Å². The van der Waals surface area contributed by atoms with Gasteiger partial charge in [-0.1, -0.05) is 61.8 Å². The van der Waals surface area contributed by atoms with Crippen LogP contribution in [-0.2, 0) is 10.8 Å². The molecule has 0 unspecified atom stereocenters. The van der Waals surface area contributed by atoms with Crippen LogP contribution in [0.15, 0.2) is 83.6 Å². The quantitative estimate of drug-likeness (QED) is 0.412. The van der Waals surface area contributed by atoms with Gasteiger partial charge < -0.3 is 21.9 Å². The van der Waals surface area contributed by atoms with Crippen LogP contribution in [0.25, 0.3) is 0 Å². The van der Waals surface area contributed by atoms with Crippen molar-refractivity contribution in [2.75, 3.05) is 18.0 Å². The molecule has 0 spiro atoms. The van der Waals surface area contributed by atoms with E-state index in [1.54, 1.807) is 0 Å². The molecule has 33 heavy (non-hydrogen) atoms. The summed E-state index contributed by atoms with van der Waals surface area (Å²) in [6.07, 6.45) is 8.45. The molecule has 0 bridgehead atoms. The van der Waals surface area contributed by atoms with E-state index in [-0.39, 0.29) is 27.8 Å². The topological polar surface area (TPSA) is 6.25 Å². The third-order valence-corrected chi connectivity index (χ3v) is 7.28. The lowest BCUT2D eigenvalue weighted by molar-refractivity contribution is -0.433. The molecule has 0 saturated carbocycles. The number of para-hydroxylation sites is 2. The van der Waals surface area contributed by atoms with Gasteiger partial charge in [0, 0.05) is 46.1 Å².